The second-order valence-electron chi connectivity index (χ2n) is 5.35. The third-order valence-corrected chi connectivity index (χ3v) is 5.16. The zero-order valence-corrected chi connectivity index (χ0v) is 13.2. The Morgan fingerprint density at radius 1 is 1.17 bits per heavy atom. The van der Waals surface area contributed by atoms with Crippen molar-refractivity contribution in [3.8, 4) is 0 Å². The lowest BCUT2D eigenvalue weighted by atomic mass is 10.2. The van der Waals surface area contributed by atoms with Crippen LogP contribution in [0.15, 0.2) is 67.1 Å². The second-order valence-corrected chi connectivity index (χ2v) is 6.42. The molecule has 23 heavy (non-hydrogen) atoms. The lowest BCUT2D eigenvalue weighted by Gasteiger charge is -2.12. The third kappa shape index (κ3) is 2.64. The highest BCUT2D eigenvalue weighted by molar-refractivity contribution is 7.99. The maximum atomic E-state index is 12.5. The number of aromatic nitrogens is 2. The number of nitrogens with zero attached hydrogens (tertiary/aromatic N) is 2. The van der Waals surface area contributed by atoms with E-state index in [2.05, 4.69) is 20.9 Å². The van der Waals surface area contributed by atoms with Crippen molar-refractivity contribution in [1.29, 1.82) is 0 Å². The van der Waals surface area contributed by atoms with Crippen LogP contribution in [0, 0.1) is 0 Å². The Morgan fingerprint density at radius 2 is 2.04 bits per heavy atom. The normalized spacial score (nSPS) is 16.1. The second kappa shape index (κ2) is 5.93. The number of hydrogen-bond acceptors (Lipinski definition) is 3. The SMILES string of the molecule is O=C(Nc1ccccc1)c1ccn2c1CSC2c1cccnc1. The van der Waals surface area contributed by atoms with Gasteiger partial charge >= 0.3 is 0 Å². The molecule has 0 saturated carbocycles. The van der Waals surface area contributed by atoms with Crippen molar-refractivity contribution < 1.29 is 4.79 Å². The Kier molecular flexibility index (Phi) is 3.63. The largest absolute Gasteiger partial charge is 0.333 e. The highest BCUT2D eigenvalue weighted by Crippen LogP contribution is 2.41. The molecule has 1 N–H and O–H groups in total. The Balaban J connectivity index is 1.60. The fourth-order valence-electron chi connectivity index (χ4n) is 2.80. The van der Waals surface area contributed by atoms with E-state index in [9.17, 15) is 4.79 Å². The Hall–Kier alpha value is -2.53. The molecule has 1 aliphatic heterocycles. The summed E-state index contributed by atoms with van der Waals surface area (Å²) < 4.78 is 2.17. The van der Waals surface area contributed by atoms with Gasteiger partial charge in [-0.25, -0.2) is 0 Å². The van der Waals surface area contributed by atoms with Crippen LogP contribution >= 0.6 is 11.8 Å². The van der Waals surface area contributed by atoms with Crippen LogP contribution in [0.2, 0.25) is 0 Å². The van der Waals surface area contributed by atoms with Crippen molar-refractivity contribution in [3.05, 3.63) is 83.9 Å². The first-order chi connectivity index (χ1) is 11.3. The van der Waals surface area contributed by atoms with Crippen LogP contribution in [0.5, 0.6) is 0 Å². The van der Waals surface area contributed by atoms with Crippen molar-refractivity contribution in [2.45, 2.75) is 11.1 Å². The number of carbonyl (C=O) groups is 1. The van der Waals surface area contributed by atoms with Gasteiger partial charge in [-0.15, -0.1) is 11.8 Å². The van der Waals surface area contributed by atoms with Crippen LogP contribution in [0.3, 0.4) is 0 Å². The average Bonchev–Trinajstić information content (AvgIpc) is 3.18. The van der Waals surface area contributed by atoms with Gasteiger partial charge in [0.2, 0.25) is 0 Å². The van der Waals surface area contributed by atoms with Crippen molar-refractivity contribution >= 4 is 23.4 Å². The maximum Gasteiger partial charge on any atom is 0.257 e. The summed E-state index contributed by atoms with van der Waals surface area (Å²) in [7, 11) is 0. The lowest BCUT2D eigenvalue weighted by molar-refractivity contribution is 0.102. The number of hydrogen-bond donors (Lipinski definition) is 1. The highest BCUT2D eigenvalue weighted by Gasteiger charge is 2.28. The maximum absolute atomic E-state index is 12.5. The zero-order valence-electron chi connectivity index (χ0n) is 12.3. The molecule has 1 aliphatic rings. The fourth-order valence-corrected chi connectivity index (χ4v) is 4.11. The molecule has 0 spiro atoms. The average molecular weight is 321 g/mol. The molecule has 3 heterocycles. The summed E-state index contributed by atoms with van der Waals surface area (Å²) in [6.07, 6.45) is 5.65. The molecule has 4 rings (SSSR count). The molecule has 114 valence electrons. The molecular weight excluding hydrogens is 306 g/mol. The number of pyridine rings is 1. The van der Waals surface area contributed by atoms with E-state index in [1.165, 1.54) is 0 Å². The summed E-state index contributed by atoms with van der Waals surface area (Å²) in [6.45, 7) is 0. The van der Waals surface area contributed by atoms with Crippen LogP contribution in [0.25, 0.3) is 0 Å². The lowest BCUT2D eigenvalue weighted by Crippen LogP contribution is -2.13. The molecule has 2 aromatic heterocycles. The molecule has 0 saturated heterocycles. The third-order valence-electron chi connectivity index (χ3n) is 3.90. The van der Waals surface area contributed by atoms with Gasteiger partial charge in [0.05, 0.1) is 5.56 Å². The number of nitrogens with one attached hydrogen (secondary N) is 1. The zero-order chi connectivity index (χ0) is 15.6. The predicted octanol–water partition coefficient (Wildman–Crippen LogP) is 3.93. The highest BCUT2D eigenvalue weighted by atomic mass is 32.2. The molecule has 1 aromatic carbocycles. The van der Waals surface area contributed by atoms with Gasteiger partial charge in [0.25, 0.3) is 5.91 Å². The number of benzene rings is 1. The molecule has 0 bridgehead atoms. The smallest absolute Gasteiger partial charge is 0.257 e. The molecule has 3 aromatic rings. The quantitative estimate of drug-likeness (QED) is 0.795. The van der Waals surface area contributed by atoms with Crippen LogP contribution in [-0.4, -0.2) is 15.5 Å². The molecule has 5 heteroatoms. The van der Waals surface area contributed by atoms with Crippen molar-refractivity contribution in [2.24, 2.45) is 0 Å². The molecule has 1 atom stereocenters. The Morgan fingerprint density at radius 3 is 2.83 bits per heavy atom. The van der Waals surface area contributed by atoms with Crippen molar-refractivity contribution in [3.63, 3.8) is 0 Å². The van der Waals surface area contributed by atoms with E-state index in [1.807, 2.05) is 66.6 Å². The molecule has 0 fully saturated rings. The minimum Gasteiger partial charge on any atom is -0.333 e. The van der Waals surface area contributed by atoms with Gasteiger partial charge in [-0.3, -0.25) is 9.78 Å². The summed E-state index contributed by atoms with van der Waals surface area (Å²) in [5.41, 5.74) is 3.78. The first-order valence-electron chi connectivity index (χ1n) is 7.40. The van der Waals surface area contributed by atoms with Crippen LogP contribution < -0.4 is 5.32 Å². The Bertz CT molecular complexity index is 830. The molecule has 1 amide bonds. The number of rotatable bonds is 3. The summed E-state index contributed by atoms with van der Waals surface area (Å²) >= 11 is 1.81. The Labute approximate surface area is 138 Å². The standard InChI is InChI=1S/C18H15N3OS/c22-17(20-14-6-2-1-3-7-14)15-8-10-21-16(15)12-23-18(21)13-5-4-9-19-11-13/h1-11,18H,12H2,(H,20,22). The van der Waals surface area contributed by atoms with E-state index in [0.29, 0.717) is 0 Å². The monoisotopic (exact) mass is 321 g/mol. The topological polar surface area (TPSA) is 46.9 Å². The number of thioether (sulfide) groups is 1. The minimum atomic E-state index is -0.0580. The number of amides is 1. The molecular formula is C18H15N3OS. The van der Waals surface area contributed by atoms with Gasteiger partial charge in [-0.05, 0) is 24.3 Å². The number of anilines is 1. The first kappa shape index (κ1) is 14.1. The van der Waals surface area contributed by atoms with Crippen molar-refractivity contribution in [1.82, 2.24) is 9.55 Å². The minimum absolute atomic E-state index is 0.0580. The van der Waals surface area contributed by atoms with Crippen LogP contribution in [0.4, 0.5) is 5.69 Å². The first-order valence-corrected chi connectivity index (χ1v) is 8.45. The summed E-state index contributed by atoms with van der Waals surface area (Å²) in [4.78, 5) is 16.7. The van der Waals surface area contributed by atoms with Crippen molar-refractivity contribution in [2.75, 3.05) is 5.32 Å². The van der Waals surface area contributed by atoms with Gasteiger partial charge in [-0.2, -0.15) is 0 Å². The van der Waals surface area contributed by atoms with Gasteiger partial charge in [0.1, 0.15) is 5.37 Å². The van der Waals surface area contributed by atoms with Gasteiger partial charge in [0.15, 0.2) is 0 Å². The molecule has 0 aliphatic carbocycles. The van der Waals surface area contributed by atoms with E-state index in [1.54, 1.807) is 6.20 Å². The van der Waals surface area contributed by atoms with E-state index in [4.69, 9.17) is 0 Å². The van der Waals surface area contributed by atoms with Crippen LogP contribution in [0.1, 0.15) is 27.0 Å². The van der Waals surface area contributed by atoms with E-state index < -0.39 is 0 Å². The molecule has 1 unspecified atom stereocenters. The number of carbonyl (C=O) groups excluding carboxylic acids is 1. The summed E-state index contributed by atoms with van der Waals surface area (Å²) in [6, 6.07) is 15.5. The van der Waals surface area contributed by atoms with Crippen LogP contribution in [-0.2, 0) is 5.75 Å². The predicted molar refractivity (Wildman–Crippen MR) is 92.5 cm³/mol. The van der Waals surface area contributed by atoms with E-state index >= 15 is 0 Å². The number of para-hydroxylation sites is 1. The molecule has 4 nitrogen and oxygen atoms in total. The van der Waals surface area contributed by atoms with E-state index in [-0.39, 0.29) is 11.3 Å². The number of fused-ring (bicyclic) bond motifs is 1. The summed E-state index contributed by atoms with van der Waals surface area (Å²) in [5, 5.41) is 3.15. The van der Waals surface area contributed by atoms with Gasteiger partial charge < -0.3 is 9.88 Å². The fraction of sp³-hybridized carbons (Fsp3) is 0.111. The van der Waals surface area contributed by atoms with E-state index in [0.717, 1.165) is 28.3 Å². The van der Waals surface area contributed by atoms with Gasteiger partial charge in [0, 0.05) is 41.3 Å². The van der Waals surface area contributed by atoms with Gasteiger partial charge in [-0.1, -0.05) is 24.3 Å². The molecule has 0 radical (unpaired) electrons. The summed E-state index contributed by atoms with van der Waals surface area (Å²) in [5.74, 6) is 0.766.